The summed E-state index contributed by atoms with van der Waals surface area (Å²) in [5.41, 5.74) is 1.77. The van der Waals surface area contributed by atoms with Crippen LogP contribution in [0, 0.1) is 0 Å². The van der Waals surface area contributed by atoms with Crippen molar-refractivity contribution in [3.63, 3.8) is 0 Å². The van der Waals surface area contributed by atoms with E-state index >= 15 is 0 Å². The SMILES string of the molecule is CCOc1cc2c(cc1/C=C/C(=O)OCC(=O)N(C)CC(=O)NC1CC1)O[C@H](C)C2. The van der Waals surface area contributed by atoms with Crippen LogP contribution in [0.15, 0.2) is 18.2 Å². The van der Waals surface area contributed by atoms with Gasteiger partial charge in [0.2, 0.25) is 5.91 Å². The molecule has 0 radical (unpaired) electrons. The summed E-state index contributed by atoms with van der Waals surface area (Å²) in [7, 11) is 1.50. The second kappa shape index (κ2) is 9.65. The number of hydrogen-bond donors (Lipinski definition) is 1. The van der Waals surface area contributed by atoms with Gasteiger partial charge in [0, 0.05) is 36.7 Å². The highest BCUT2D eigenvalue weighted by molar-refractivity contribution is 5.90. The summed E-state index contributed by atoms with van der Waals surface area (Å²) < 4.78 is 16.4. The van der Waals surface area contributed by atoms with E-state index in [1.54, 1.807) is 6.08 Å². The van der Waals surface area contributed by atoms with E-state index in [0.29, 0.717) is 17.9 Å². The van der Waals surface area contributed by atoms with Crippen LogP contribution in [0.3, 0.4) is 0 Å². The van der Waals surface area contributed by atoms with E-state index in [2.05, 4.69) is 5.32 Å². The number of fused-ring (bicyclic) bond motifs is 1. The van der Waals surface area contributed by atoms with Gasteiger partial charge in [-0.2, -0.15) is 0 Å². The van der Waals surface area contributed by atoms with E-state index in [1.807, 2.05) is 26.0 Å². The standard InChI is InChI=1S/C22H28N2O6/c1-4-28-18-11-16-9-14(2)30-19(16)10-15(18)5-8-22(27)29-13-21(26)24(3)12-20(25)23-17-6-7-17/h5,8,10-11,14,17H,4,6-7,9,12-13H2,1-3H3,(H,23,25)/b8-5+/t14-/m1/s1. The lowest BCUT2D eigenvalue weighted by Gasteiger charge is -2.16. The minimum Gasteiger partial charge on any atom is -0.493 e. The molecule has 0 aromatic heterocycles. The average molecular weight is 416 g/mol. The van der Waals surface area contributed by atoms with Crippen molar-refractivity contribution >= 4 is 23.9 Å². The number of benzene rings is 1. The van der Waals surface area contributed by atoms with Gasteiger partial charge in [0.25, 0.3) is 5.91 Å². The number of ether oxygens (including phenoxy) is 3. The highest BCUT2D eigenvalue weighted by Crippen LogP contribution is 2.35. The van der Waals surface area contributed by atoms with Crippen LogP contribution < -0.4 is 14.8 Å². The molecule has 0 unspecified atom stereocenters. The number of nitrogens with zero attached hydrogens (tertiary/aromatic N) is 1. The lowest BCUT2D eigenvalue weighted by atomic mass is 10.1. The predicted octanol–water partition coefficient (Wildman–Crippen LogP) is 1.70. The van der Waals surface area contributed by atoms with Gasteiger partial charge in [-0.05, 0) is 44.9 Å². The monoisotopic (exact) mass is 416 g/mol. The zero-order chi connectivity index (χ0) is 21.7. The summed E-state index contributed by atoms with van der Waals surface area (Å²) in [6.07, 6.45) is 5.71. The first-order valence-electron chi connectivity index (χ1n) is 10.2. The molecule has 1 aliphatic heterocycles. The molecule has 0 saturated heterocycles. The molecule has 1 aliphatic carbocycles. The molecule has 162 valence electrons. The van der Waals surface area contributed by atoms with Crippen molar-refractivity contribution in [2.24, 2.45) is 0 Å². The maximum absolute atomic E-state index is 12.1. The number of carbonyl (C=O) groups excluding carboxylic acids is 3. The van der Waals surface area contributed by atoms with E-state index in [9.17, 15) is 14.4 Å². The molecule has 30 heavy (non-hydrogen) atoms. The highest BCUT2D eigenvalue weighted by Gasteiger charge is 2.24. The highest BCUT2D eigenvalue weighted by atomic mass is 16.5. The summed E-state index contributed by atoms with van der Waals surface area (Å²) in [5, 5.41) is 2.81. The van der Waals surface area contributed by atoms with Gasteiger partial charge in [-0.15, -0.1) is 0 Å². The Morgan fingerprint density at radius 3 is 2.77 bits per heavy atom. The van der Waals surface area contributed by atoms with Gasteiger partial charge in [-0.1, -0.05) is 0 Å². The van der Waals surface area contributed by atoms with Gasteiger partial charge >= 0.3 is 5.97 Å². The van der Waals surface area contributed by atoms with Crippen molar-refractivity contribution in [3.05, 3.63) is 29.3 Å². The fourth-order valence-electron chi connectivity index (χ4n) is 3.12. The van der Waals surface area contributed by atoms with Gasteiger partial charge in [-0.3, -0.25) is 9.59 Å². The lowest BCUT2D eigenvalue weighted by Crippen LogP contribution is -2.40. The van der Waals surface area contributed by atoms with Crippen molar-refractivity contribution in [1.29, 1.82) is 0 Å². The molecule has 8 nitrogen and oxygen atoms in total. The molecule has 1 fully saturated rings. The Hall–Kier alpha value is -3.03. The molecule has 3 rings (SSSR count). The maximum Gasteiger partial charge on any atom is 0.331 e. The van der Waals surface area contributed by atoms with Crippen LogP contribution in [0.1, 0.15) is 37.8 Å². The van der Waals surface area contributed by atoms with Crippen LogP contribution in [0.4, 0.5) is 0 Å². The minimum atomic E-state index is -0.656. The number of rotatable bonds is 9. The van der Waals surface area contributed by atoms with Gasteiger partial charge in [0.15, 0.2) is 6.61 Å². The van der Waals surface area contributed by atoms with E-state index in [-0.39, 0.29) is 24.6 Å². The Morgan fingerprint density at radius 2 is 2.07 bits per heavy atom. The Balaban J connectivity index is 1.52. The fraction of sp³-hybridized carbons (Fsp3) is 0.500. The van der Waals surface area contributed by atoms with Crippen molar-refractivity contribution in [3.8, 4) is 11.5 Å². The number of carbonyl (C=O) groups is 3. The van der Waals surface area contributed by atoms with Crippen LogP contribution in [-0.4, -0.2) is 61.6 Å². The average Bonchev–Trinajstić information content (AvgIpc) is 3.43. The zero-order valence-corrected chi connectivity index (χ0v) is 17.6. The lowest BCUT2D eigenvalue weighted by molar-refractivity contribution is -0.148. The molecule has 1 N–H and O–H groups in total. The first-order chi connectivity index (χ1) is 14.4. The summed E-state index contributed by atoms with van der Waals surface area (Å²) in [4.78, 5) is 37.1. The third-order valence-electron chi connectivity index (χ3n) is 4.81. The Bertz CT molecular complexity index is 846. The van der Waals surface area contributed by atoms with Crippen molar-refractivity contribution < 1.29 is 28.6 Å². The second-order valence-corrected chi connectivity index (χ2v) is 7.60. The molecule has 1 aromatic rings. The minimum absolute atomic E-state index is 0.0615. The van der Waals surface area contributed by atoms with E-state index in [1.165, 1.54) is 18.0 Å². The first kappa shape index (κ1) is 21.7. The summed E-state index contributed by atoms with van der Waals surface area (Å²) in [6.45, 7) is 3.89. The molecule has 1 heterocycles. The largest absolute Gasteiger partial charge is 0.493 e. The molecule has 0 bridgehead atoms. The Morgan fingerprint density at radius 1 is 1.30 bits per heavy atom. The molecular formula is C22H28N2O6. The fourth-order valence-corrected chi connectivity index (χ4v) is 3.12. The topological polar surface area (TPSA) is 94.2 Å². The van der Waals surface area contributed by atoms with Gasteiger partial charge in [0.05, 0.1) is 13.2 Å². The summed E-state index contributed by atoms with van der Waals surface area (Å²) in [6, 6.07) is 4.00. The van der Waals surface area contributed by atoms with Crippen molar-refractivity contribution in [2.45, 2.75) is 45.3 Å². The Labute approximate surface area is 176 Å². The number of nitrogens with one attached hydrogen (secondary N) is 1. The Kier molecular flexibility index (Phi) is 6.97. The van der Waals surface area contributed by atoms with Crippen molar-refractivity contribution in [1.82, 2.24) is 10.2 Å². The van der Waals surface area contributed by atoms with Gasteiger partial charge in [0.1, 0.15) is 17.6 Å². The molecule has 0 spiro atoms. The maximum atomic E-state index is 12.1. The molecular weight excluding hydrogens is 388 g/mol. The third-order valence-corrected chi connectivity index (χ3v) is 4.81. The summed E-state index contributed by atoms with van der Waals surface area (Å²) in [5.74, 6) is 0.126. The van der Waals surface area contributed by atoms with E-state index in [4.69, 9.17) is 14.2 Å². The van der Waals surface area contributed by atoms with Crippen LogP contribution in [0.5, 0.6) is 11.5 Å². The quantitative estimate of drug-likeness (QED) is 0.486. The number of esters is 1. The third kappa shape index (κ3) is 5.98. The molecule has 1 atom stereocenters. The van der Waals surface area contributed by atoms with Gasteiger partial charge in [-0.25, -0.2) is 4.79 Å². The zero-order valence-electron chi connectivity index (χ0n) is 17.6. The summed E-state index contributed by atoms with van der Waals surface area (Å²) >= 11 is 0. The van der Waals surface area contributed by atoms with E-state index < -0.39 is 18.5 Å². The molecule has 2 aliphatic rings. The first-order valence-corrected chi connectivity index (χ1v) is 10.2. The predicted molar refractivity (Wildman–Crippen MR) is 110 cm³/mol. The second-order valence-electron chi connectivity index (χ2n) is 7.60. The normalized spacial score (nSPS) is 17.2. The molecule has 8 heteroatoms. The van der Waals surface area contributed by atoms with Crippen molar-refractivity contribution in [2.75, 3.05) is 26.8 Å². The van der Waals surface area contributed by atoms with Gasteiger partial charge < -0.3 is 24.4 Å². The molecule has 2 amide bonds. The van der Waals surface area contributed by atoms with E-state index in [0.717, 1.165) is 30.6 Å². The molecule has 1 saturated carbocycles. The van der Waals surface area contributed by atoms with Crippen LogP contribution in [-0.2, 0) is 25.5 Å². The van der Waals surface area contributed by atoms with Crippen LogP contribution in [0.25, 0.3) is 6.08 Å². The van der Waals surface area contributed by atoms with Crippen LogP contribution >= 0.6 is 0 Å². The molecule has 1 aromatic carbocycles. The number of hydrogen-bond acceptors (Lipinski definition) is 6. The van der Waals surface area contributed by atoms with Crippen LogP contribution in [0.2, 0.25) is 0 Å². The smallest absolute Gasteiger partial charge is 0.331 e. The number of amides is 2. The number of likely N-dealkylation sites (N-methyl/N-ethyl adjacent to an activating group) is 1.